The number of hydrogen-bond acceptors (Lipinski definition) is 4. The maximum atomic E-state index is 4.26. The predicted octanol–water partition coefficient (Wildman–Crippen LogP) is 4.92. The molecule has 0 bridgehead atoms. The second-order valence-corrected chi connectivity index (χ2v) is 9.04. The van der Waals surface area contributed by atoms with Gasteiger partial charge in [-0.3, -0.25) is 0 Å². The van der Waals surface area contributed by atoms with E-state index in [1.54, 1.807) is 12.7 Å². The van der Waals surface area contributed by atoms with Gasteiger partial charge in [-0.2, -0.15) is 0 Å². The van der Waals surface area contributed by atoms with Gasteiger partial charge in [-0.25, -0.2) is 19.9 Å². The lowest BCUT2D eigenvalue weighted by Crippen LogP contribution is -2.09. The Morgan fingerprint density at radius 3 is 1.35 bits per heavy atom. The van der Waals surface area contributed by atoms with Crippen LogP contribution in [-0.2, 0) is 12.8 Å². The molecule has 4 rings (SSSR count). The second kappa shape index (κ2) is 6.75. The van der Waals surface area contributed by atoms with Crippen molar-refractivity contribution in [2.75, 3.05) is 0 Å². The molecule has 0 N–H and O–H groups in total. The lowest BCUT2D eigenvalue weighted by molar-refractivity contribution is 0.497. The molecule has 4 heteroatoms. The Labute approximate surface area is 156 Å². The third-order valence-corrected chi connectivity index (χ3v) is 4.96. The molecule has 26 heavy (non-hydrogen) atoms. The summed E-state index contributed by atoms with van der Waals surface area (Å²) in [6.07, 6.45) is 13.4. The smallest absolute Gasteiger partial charge is 0.115 e. The van der Waals surface area contributed by atoms with E-state index in [1.165, 1.54) is 33.7 Å². The monoisotopic (exact) mass is 348 g/mol. The third kappa shape index (κ3) is 4.06. The van der Waals surface area contributed by atoms with Crippen molar-refractivity contribution in [3.8, 4) is 0 Å². The van der Waals surface area contributed by atoms with Gasteiger partial charge >= 0.3 is 0 Å². The average molecular weight is 348 g/mol. The lowest BCUT2D eigenvalue weighted by atomic mass is 9.86. The number of allylic oxidation sites excluding steroid dienone is 2. The van der Waals surface area contributed by atoms with Crippen LogP contribution in [-0.4, -0.2) is 19.9 Å². The fourth-order valence-electron chi connectivity index (χ4n) is 3.07. The molecule has 2 heterocycles. The van der Waals surface area contributed by atoms with Crippen molar-refractivity contribution in [1.29, 1.82) is 0 Å². The summed E-state index contributed by atoms with van der Waals surface area (Å²) in [6.45, 7) is 13.4. The summed E-state index contributed by atoms with van der Waals surface area (Å²) < 4.78 is 0. The summed E-state index contributed by atoms with van der Waals surface area (Å²) in [4.78, 5) is 16.6. The molecule has 0 aromatic carbocycles. The Morgan fingerprint density at radius 2 is 1.04 bits per heavy atom. The molecule has 0 saturated carbocycles. The van der Waals surface area contributed by atoms with Gasteiger partial charge in [0.1, 0.15) is 12.7 Å². The van der Waals surface area contributed by atoms with Crippen LogP contribution in [0.3, 0.4) is 0 Å². The van der Waals surface area contributed by atoms with E-state index in [4.69, 9.17) is 0 Å². The van der Waals surface area contributed by atoms with Gasteiger partial charge in [0.25, 0.3) is 0 Å². The number of hydrogen-bond donors (Lipinski definition) is 0. The molecule has 0 unspecified atom stereocenters. The minimum Gasteiger partial charge on any atom is -0.244 e. The molecule has 0 aliphatic heterocycles. The Hall–Kier alpha value is -2.36. The van der Waals surface area contributed by atoms with Crippen LogP contribution >= 0.6 is 0 Å². The Balaban J connectivity index is 0.000000151. The van der Waals surface area contributed by atoms with Crippen molar-refractivity contribution in [3.05, 3.63) is 58.7 Å². The number of aromatic nitrogens is 4. The van der Waals surface area contributed by atoms with E-state index in [2.05, 4.69) is 73.6 Å². The van der Waals surface area contributed by atoms with E-state index in [0.717, 1.165) is 12.8 Å². The Kier molecular flexibility index (Phi) is 4.78. The van der Waals surface area contributed by atoms with Crippen molar-refractivity contribution in [2.24, 2.45) is 10.8 Å². The molecule has 0 spiro atoms. The normalized spacial score (nSPS) is 15.5. The first kappa shape index (κ1) is 18.4. The van der Waals surface area contributed by atoms with Crippen LogP contribution in [0.2, 0.25) is 0 Å². The molecule has 0 amide bonds. The van der Waals surface area contributed by atoms with E-state index < -0.39 is 0 Å². The van der Waals surface area contributed by atoms with Gasteiger partial charge in [0.05, 0.1) is 11.4 Å². The summed E-state index contributed by atoms with van der Waals surface area (Å²) >= 11 is 0. The standard InChI is InChI=1S/2C11H14N2/c2*1-11(2,3)9-4-8-6-12-7-13-10(8)5-9/h2*4,6-7H,5H2,1-3H3. The molecular weight excluding hydrogens is 320 g/mol. The summed E-state index contributed by atoms with van der Waals surface area (Å²) in [5.41, 5.74) is 8.10. The highest BCUT2D eigenvalue weighted by Crippen LogP contribution is 2.35. The molecule has 0 fully saturated rings. The van der Waals surface area contributed by atoms with Crippen molar-refractivity contribution >= 4 is 12.2 Å². The molecule has 2 aliphatic rings. The Morgan fingerprint density at radius 1 is 0.654 bits per heavy atom. The zero-order valence-corrected chi connectivity index (χ0v) is 16.7. The SMILES string of the molecule is CC(C)(C)C1=Cc2cncnc2C1.CC(C)(C)C1=Cc2cncnc2C1. The lowest BCUT2D eigenvalue weighted by Gasteiger charge is -2.19. The van der Waals surface area contributed by atoms with Gasteiger partial charge in [0.2, 0.25) is 0 Å². The number of fused-ring (bicyclic) bond motifs is 2. The van der Waals surface area contributed by atoms with E-state index in [9.17, 15) is 0 Å². The zero-order chi connectivity index (χ0) is 18.9. The van der Waals surface area contributed by atoms with Gasteiger partial charge in [-0.1, -0.05) is 64.8 Å². The molecule has 0 atom stereocenters. The quantitative estimate of drug-likeness (QED) is 0.678. The fraction of sp³-hybridized carbons (Fsp3) is 0.455. The van der Waals surface area contributed by atoms with Gasteiger partial charge in [0, 0.05) is 36.4 Å². The maximum Gasteiger partial charge on any atom is 0.115 e. The zero-order valence-electron chi connectivity index (χ0n) is 16.7. The first-order valence-corrected chi connectivity index (χ1v) is 9.14. The molecule has 2 aliphatic carbocycles. The van der Waals surface area contributed by atoms with Gasteiger partial charge in [0.15, 0.2) is 0 Å². The largest absolute Gasteiger partial charge is 0.244 e. The molecule has 4 nitrogen and oxygen atoms in total. The van der Waals surface area contributed by atoms with E-state index in [1.807, 2.05) is 12.4 Å². The van der Waals surface area contributed by atoms with Crippen LogP contribution in [0.25, 0.3) is 12.2 Å². The minimum absolute atomic E-state index is 0.251. The van der Waals surface area contributed by atoms with Crippen LogP contribution < -0.4 is 0 Å². The summed E-state index contributed by atoms with van der Waals surface area (Å²) in [5.74, 6) is 0. The van der Waals surface area contributed by atoms with Gasteiger partial charge < -0.3 is 0 Å². The van der Waals surface area contributed by atoms with Crippen molar-refractivity contribution in [3.63, 3.8) is 0 Å². The van der Waals surface area contributed by atoms with E-state index >= 15 is 0 Å². The molecule has 136 valence electrons. The topological polar surface area (TPSA) is 51.6 Å². The van der Waals surface area contributed by atoms with E-state index in [0.29, 0.717) is 0 Å². The summed E-state index contributed by atoms with van der Waals surface area (Å²) in [6, 6.07) is 0. The number of rotatable bonds is 0. The predicted molar refractivity (Wildman–Crippen MR) is 106 cm³/mol. The van der Waals surface area contributed by atoms with Crippen LogP contribution in [0.1, 0.15) is 64.1 Å². The highest BCUT2D eigenvalue weighted by atomic mass is 14.8. The fourth-order valence-corrected chi connectivity index (χ4v) is 3.07. The molecule has 2 aromatic heterocycles. The number of nitrogens with zero attached hydrogens (tertiary/aromatic N) is 4. The average Bonchev–Trinajstić information content (AvgIpc) is 3.19. The van der Waals surface area contributed by atoms with Gasteiger partial charge in [-0.05, 0) is 10.8 Å². The van der Waals surface area contributed by atoms with Crippen molar-refractivity contribution in [2.45, 2.75) is 54.4 Å². The van der Waals surface area contributed by atoms with Crippen LogP contribution in [0.5, 0.6) is 0 Å². The van der Waals surface area contributed by atoms with Crippen LogP contribution in [0.4, 0.5) is 0 Å². The summed E-state index contributed by atoms with van der Waals surface area (Å²) in [7, 11) is 0. The second-order valence-electron chi connectivity index (χ2n) is 9.04. The molecular formula is C22H28N4. The third-order valence-electron chi connectivity index (χ3n) is 4.96. The minimum atomic E-state index is 0.251. The summed E-state index contributed by atoms with van der Waals surface area (Å²) in [5, 5.41) is 0. The van der Waals surface area contributed by atoms with E-state index in [-0.39, 0.29) is 10.8 Å². The highest BCUT2D eigenvalue weighted by Gasteiger charge is 2.24. The molecule has 0 radical (unpaired) electrons. The first-order valence-electron chi connectivity index (χ1n) is 9.14. The van der Waals surface area contributed by atoms with Crippen molar-refractivity contribution in [1.82, 2.24) is 19.9 Å². The van der Waals surface area contributed by atoms with Crippen LogP contribution in [0, 0.1) is 10.8 Å². The molecule has 2 aromatic rings. The highest BCUT2D eigenvalue weighted by molar-refractivity contribution is 5.62. The maximum absolute atomic E-state index is 4.26. The Bertz CT molecular complexity index is 791. The molecule has 0 saturated heterocycles. The van der Waals surface area contributed by atoms with Crippen molar-refractivity contribution < 1.29 is 0 Å². The van der Waals surface area contributed by atoms with Crippen LogP contribution in [0.15, 0.2) is 36.2 Å². The first-order chi connectivity index (χ1) is 12.1. The van der Waals surface area contributed by atoms with Gasteiger partial charge in [-0.15, -0.1) is 0 Å².